The molecule has 2 aromatic carbocycles. The molecule has 0 spiro atoms. The molecule has 0 aliphatic carbocycles. The predicted octanol–water partition coefficient (Wildman–Crippen LogP) is 4.58. The van der Waals surface area contributed by atoms with Gasteiger partial charge in [-0.2, -0.15) is 18.3 Å². The fourth-order valence-electron chi connectivity index (χ4n) is 3.85. The minimum absolute atomic E-state index is 0.107. The second-order valence-corrected chi connectivity index (χ2v) is 8.61. The van der Waals surface area contributed by atoms with Gasteiger partial charge in [0, 0.05) is 24.7 Å². The highest BCUT2D eigenvalue weighted by Crippen LogP contribution is 2.30. The first-order valence-electron chi connectivity index (χ1n) is 11.0. The number of H-pyrrole nitrogens is 1. The number of amides is 2. The van der Waals surface area contributed by atoms with Gasteiger partial charge in [0.1, 0.15) is 5.69 Å². The van der Waals surface area contributed by atoms with Gasteiger partial charge in [-0.15, -0.1) is 0 Å². The molecule has 0 bridgehead atoms. The SMILES string of the molecule is O=C(NCC(=O)N1CCC(Nc2ccccc2Cl)CC1)c1cc(-c2ccc(C(F)(F)F)cc2)n[nH]1. The van der Waals surface area contributed by atoms with E-state index in [1.165, 1.54) is 18.2 Å². The normalized spacial score (nSPS) is 14.6. The van der Waals surface area contributed by atoms with E-state index in [1.807, 2.05) is 24.3 Å². The Morgan fingerprint density at radius 2 is 1.77 bits per heavy atom. The van der Waals surface area contributed by atoms with Crippen molar-refractivity contribution in [2.45, 2.75) is 25.1 Å². The third kappa shape index (κ3) is 6.13. The Hall–Kier alpha value is -3.53. The van der Waals surface area contributed by atoms with Gasteiger partial charge in [-0.25, -0.2) is 0 Å². The number of anilines is 1. The molecule has 1 aromatic heterocycles. The van der Waals surface area contributed by atoms with E-state index in [9.17, 15) is 22.8 Å². The van der Waals surface area contributed by atoms with Crippen LogP contribution in [-0.2, 0) is 11.0 Å². The molecule has 1 aliphatic heterocycles. The molecule has 1 aliphatic rings. The number of halogens is 4. The van der Waals surface area contributed by atoms with E-state index in [0.29, 0.717) is 29.4 Å². The Balaban J connectivity index is 1.25. The number of alkyl halides is 3. The topological polar surface area (TPSA) is 90.1 Å². The molecule has 35 heavy (non-hydrogen) atoms. The van der Waals surface area contributed by atoms with Gasteiger partial charge >= 0.3 is 6.18 Å². The van der Waals surface area contributed by atoms with Crippen LogP contribution in [0.1, 0.15) is 28.9 Å². The Bertz CT molecular complexity index is 1190. The maximum absolute atomic E-state index is 12.7. The van der Waals surface area contributed by atoms with Crippen LogP contribution in [0.15, 0.2) is 54.6 Å². The number of rotatable bonds is 6. The monoisotopic (exact) mass is 505 g/mol. The average Bonchev–Trinajstić information content (AvgIpc) is 3.34. The summed E-state index contributed by atoms with van der Waals surface area (Å²) in [5.41, 5.74) is 0.953. The number of aromatic nitrogens is 2. The quantitative estimate of drug-likeness (QED) is 0.457. The van der Waals surface area contributed by atoms with E-state index in [1.54, 1.807) is 4.90 Å². The smallest absolute Gasteiger partial charge is 0.381 e. The Morgan fingerprint density at radius 1 is 1.09 bits per heavy atom. The molecule has 3 N–H and O–H groups in total. The summed E-state index contributed by atoms with van der Waals surface area (Å²) < 4.78 is 38.2. The molecule has 7 nitrogen and oxygen atoms in total. The summed E-state index contributed by atoms with van der Waals surface area (Å²) in [5.74, 6) is -0.726. The van der Waals surface area contributed by atoms with Crippen LogP contribution < -0.4 is 10.6 Å². The van der Waals surface area contributed by atoms with Crippen LogP contribution in [0.3, 0.4) is 0 Å². The summed E-state index contributed by atoms with van der Waals surface area (Å²) >= 11 is 6.19. The lowest BCUT2D eigenvalue weighted by Gasteiger charge is -2.33. The third-order valence-electron chi connectivity index (χ3n) is 5.81. The molecule has 3 aromatic rings. The van der Waals surface area contributed by atoms with Crippen molar-refractivity contribution in [2.75, 3.05) is 25.0 Å². The van der Waals surface area contributed by atoms with Crippen LogP contribution >= 0.6 is 11.6 Å². The van der Waals surface area contributed by atoms with E-state index < -0.39 is 17.6 Å². The minimum atomic E-state index is -4.43. The van der Waals surface area contributed by atoms with Crippen molar-refractivity contribution in [3.8, 4) is 11.3 Å². The molecule has 1 fully saturated rings. The molecule has 184 valence electrons. The largest absolute Gasteiger partial charge is 0.416 e. The van der Waals surface area contributed by atoms with Gasteiger partial charge in [0.2, 0.25) is 5.91 Å². The predicted molar refractivity (Wildman–Crippen MR) is 126 cm³/mol. The number of aromatic amines is 1. The molecule has 2 heterocycles. The Labute approximate surface area is 204 Å². The van der Waals surface area contributed by atoms with Crippen molar-refractivity contribution in [3.63, 3.8) is 0 Å². The molecule has 4 rings (SSSR count). The number of hydrogen-bond acceptors (Lipinski definition) is 4. The fourth-order valence-corrected chi connectivity index (χ4v) is 4.04. The molecule has 0 atom stereocenters. The van der Waals surface area contributed by atoms with Crippen LogP contribution in [0, 0.1) is 0 Å². The molecule has 1 saturated heterocycles. The molecule has 0 saturated carbocycles. The number of carbonyl (C=O) groups excluding carboxylic acids is 2. The minimum Gasteiger partial charge on any atom is -0.381 e. The fraction of sp³-hybridized carbons (Fsp3) is 0.292. The Kier molecular flexibility index (Phi) is 7.30. The van der Waals surface area contributed by atoms with Gasteiger partial charge in [-0.05, 0) is 43.2 Å². The summed E-state index contributed by atoms with van der Waals surface area (Å²) in [5, 5.41) is 13.2. The van der Waals surface area contributed by atoms with Crippen LogP contribution in [0.5, 0.6) is 0 Å². The van der Waals surface area contributed by atoms with Crippen molar-refractivity contribution in [1.29, 1.82) is 0 Å². The highest BCUT2D eigenvalue weighted by molar-refractivity contribution is 6.33. The number of nitrogens with one attached hydrogen (secondary N) is 3. The van der Waals surface area contributed by atoms with E-state index in [4.69, 9.17) is 11.6 Å². The van der Waals surface area contributed by atoms with Gasteiger partial charge < -0.3 is 15.5 Å². The second-order valence-electron chi connectivity index (χ2n) is 8.20. The first kappa shape index (κ1) is 24.6. The van der Waals surface area contributed by atoms with Crippen molar-refractivity contribution in [2.24, 2.45) is 0 Å². The number of piperidine rings is 1. The highest BCUT2D eigenvalue weighted by atomic mass is 35.5. The summed E-state index contributed by atoms with van der Waals surface area (Å²) in [6, 6.07) is 13.6. The Morgan fingerprint density at radius 3 is 2.43 bits per heavy atom. The van der Waals surface area contributed by atoms with Crippen LogP contribution in [-0.4, -0.2) is 52.6 Å². The summed E-state index contributed by atoms with van der Waals surface area (Å²) in [4.78, 5) is 26.7. The lowest BCUT2D eigenvalue weighted by atomic mass is 10.0. The van der Waals surface area contributed by atoms with Crippen molar-refractivity contribution < 1.29 is 22.8 Å². The lowest BCUT2D eigenvalue weighted by molar-refractivity contribution is -0.137. The zero-order valence-electron chi connectivity index (χ0n) is 18.5. The van der Waals surface area contributed by atoms with Gasteiger partial charge in [-0.1, -0.05) is 35.9 Å². The summed E-state index contributed by atoms with van der Waals surface area (Å²) in [6.07, 6.45) is -2.92. The average molecular weight is 506 g/mol. The van der Waals surface area contributed by atoms with Crippen LogP contribution in [0.4, 0.5) is 18.9 Å². The molecule has 2 amide bonds. The van der Waals surface area contributed by atoms with Gasteiger partial charge in [-0.3, -0.25) is 14.7 Å². The third-order valence-corrected chi connectivity index (χ3v) is 6.14. The molecular weight excluding hydrogens is 483 g/mol. The maximum atomic E-state index is 12.7. The lowest BCUT2D eigenvalue weighted by Crippen LogP contribution is -2.46. The summed E-state index contributed by atoms with van der Waals surface area (Å²) in [6.45, 7) is 0.938. The molecule has 0 radical (unpaired) electrons. The zero-order valence-corrected chi connectivity index (χ0v) is 19.3. The standard InChI is InChI=1S/C24H23ClF3N5O2/c25-18-3-1-2-4-19(18)30-17-9-11-33(12-10-17)22(34)14-29-23(35)21-13-20(31-32-21)15-5-7-16(8-6-15)24(26,27)28/h1-8,13,17,30H,9-12,14H2,(H,29,35)(H,31,32). The first-order chi connectivity index (χ1) is 16.7. The van der Waals surface area contributed by atoms with Crippen LogP contribution in [0.25, 0.3) is 11.3 Å². The second kappa shape index (κ2) is 10.4. The van der Waals surface area contributed by atoms with E-state index in [0.717, 1.165) is 30.7 Å². The molecular formula is C24H23ClF3N5O2. The van der Waals surface area contributed by atoms with Crippen molar-refractivity contribution in [1.82, 2.24) is 20.4 Å². The highest BCUT2D eigenvalue weighted by Gasteiger charge is 2.30. The van der Waals surface area contributed by atoms with Gasteiger partial charge in [0.25, 0.3) is 5.91 Å². The number of carbonyl (C=O) groups is 2. The zero-order chi connectivity index (χ0) is 25.0. The number of benzene rings is 2. The van der Waals surface area contributed by atoms with Crippen LogP contribution in [0.2, 0.25) is 5.02 Å². The van der Waals surface area contributed by atoms with E-state index in [2.05, 4.69) is 20.8 Å². The number of likely N-dealkylation sites (tertiary alicyclic amines) is 1. The van der Waals surface area contributed by atoms with Gasteiger partial charge in [0.05, 0.1) is 28.5 Å². The molecule has 0 unspecified atom stereocenters. The number of hydrogen-bond donors (Lipinski definition) is 3. The number of nitrogens with zero attached hydrogens (tertiary/aromatic N) is 2. The number of para-hydroxylation sites is 1. The maximum Gasteiger partial charge on any atom is 0.416 e. The molecule has 11 heteroatoms. The van der Waals surface area contributed by atoms with E-state index >= 15 is 0 Å². The van der Waals surface area contributed by atoms with Gasteiger partial charge in [0.15, 0.2) is 0 Å². The first-order valence-corrected chi connectivity index (χ1v) is 11.4. The van der Waals surface area contributed by atoms with E-state index in [-0.39, 0.29) is 24.2 Å². The van der Waals surface area contributed by atoms with Crippen molar-refractivity contribution in [3.05, 3.63) is 70.9 Å². The van der Waals surface area contributed by atoms with Crippen molar-refractivity contribution >= 4 is 29.1 Å². The summed E-state index contributed by atoms with van der Waals surface area (Å²) in [7, 11) is 0.